The highest BCUT2D eigenvalue weighted by Crippen LogP contribution is 2.26. The maximum Gasteiger partial charge on any atom is 0.245 e. The Kier molecular flexibility index (Phi) is 3.81. The average molecular weight is 317 g/mol. The van der Waals surface area contributed by atoms with Crippen LogP contribution in [0.3, 0.4) is 0 Å². The molecular formula is C11H17BrN4O2. The van der Waals surface area contributed by atoms with Gasteiger partial charge in [-0.3, -0.25) is 0 Å². The van der Waals surface area contributed by atoms with Crippen molar-refractivity contribution in [3.05, 3.63) is 4.73 Å². The summed E-state index contributed by atoms with van der Waals surface area (Å²) in [6, 6.07) is 0. The monoisotopic (exact) mass is 316 g/mol. The minimum absolute atomic E-state index is 0.0235. The van der Waals surface area contributed by atoms with E-state index < -0.39 is 0 Å². The molecule has 2 saturated heterocycles. The zero-order valence-electron chi connectivity index (χ0n) is 10.2. The van der Waals surface area contributed by atoms with Crippen LogP contribution in [0.25, 0.3) is 0 Å². The topological polar surface area (TPSA) is 52.4 Å². The molecule has 18 heavy (non-hydrogen) atoms. The molecule has 3 heterocycles. The fraction of sp³-hybridized carbons (Fsp3) is 0.818. The van der Waals surface area contributed by atoms with Crippen LogP contribution in [0, 0.1) is 0 Å². The second-order valence-electron chi connectivity index (χ2n) is 4.55. The number of nitrogens with zero attached hydrogens (tertiary/aromatic N) is 4. The van der Waals surface area contributed by atoms with Crippen molar-refractivity contribution < 1.29 is 9.47 Å². The molecule has 0 aliphatic carbocycles. The first kappa shape index (κ1) is 12.4. The van der Waals surface area contributed by atoms with Crippen molar-refractivity contribution >= 4 is 21.9 Å². The first-order chi connectivity index (χ1) is 8.84. The minimum Gasteiger partial charge on any atom is -0.378 e. The molecule has 1 aromatic rings. The van der Waals surface area contributed by atoms with Gasteiger partial charge in [-0.25, -0.2) is 4.68 Å². The number of morpholine rings is 1. The number of aromatic nitrogens is 3. The SMILES string of the molecule is Brc1nc(N2CCOCC2)nn1C1CCCCO1. The summed E-state index contributed by atoms with van der Waals surface area (Å²) in [7, 11) is 0. The molecular weight excluding hydrogens is 300 g/mol. The highest BCUT2D eigenvalue weighted by atomic mass is 79.9. The largest absolute Gasteiger partial charge is 0.378 e. The van der Waals surface area contributed by atoms with Gasteiger partial charge in [-0.05, 0) is 35.2 Å². The molecule has 2 aliphatic heterocycles. The Hall–Kier alpha value is -0.660. The van der Waals surface area contributed by atoms with Crippen LogP contribution in [0.15, 0.2) is 4.73 Å². The molecule has 0 aromatic carbocycles. The van der Waals surface area contributed by atoms with Crippen LogP contribution in [0.4, 0.5) is 5.95 Å². The van der Waals surface area contributed by atoms with Gasteiger partial charge in [0.2, 0.25) is 5.95 Å². The highest BCUT2D eigenvalue weighted by molar-refractivity contribution is 9.10. The molecule has 2 aliphatic rings. The minimum atomic E-state index is 0.0235. The Morgan fingerprint density at radius 1 is 1.17 bits per heavy atom. The van der Waals surface area contributed by atoms with Crippen LogP contribution >= 0.6 is 15.9 Å². The smallest absolute Gasteiger partial charge is 0.245 e. The highest BCUT2D eigenvalue weighted by Gasteiger charge is 2.23. The van der Waals surface area contributed by atoms with Crippen LogP contribution < -0.4 is 4.90 Å². The van der Waals surface area contributed by atoms with E-state index in [0.717, 1.165) is 56.4 Å². The Bertz CT molecular complexity index is 400. The third-order valence-electron chi connectivity index (χ3n) is 3.30. The normalized spacial score (nSPS) is 25.4. The Morgan fingerprint density at radius 2 is 2.00 bits per heavy atom. The van der Waals surface area contributed by atoms with E-state index in [1.807, 2.05) is 4.68 Å². The average Bonchev–Trinajstić information content (AvgIpc) is 2.83. The molecule has 1 aromatic heterocycles. The molecule has 7 heteroatoms. The predicted octanol–water partition coefficient (Wildman–Crippen LogP) is 1.58. The van der Waals surface area contributed by atoms with Crippen LogP contribution in [0.5, 0.6) is 0 Å². The first-order valence-corrected chi connectivity index (χ1v) is 7.20. The fourth-order valence-corrected chi connectivity index (χ4v) is 2.76. The van der Waals surface area contributed by atoms with Crippen molar-refractivity contribution in [3.63, 3.8) is 0 Å². The lowest BCUT2D eigenvalue weighted by molar-refractivity contribution is -0.0411. The van der Waals surface area contributed by atoms with Crippen molar-refractivity contribution in [3.8, 4) is 0 Å². The lowest BCUT2D eigenvalue weighted by Crippen LogP contribution is -2.37. The zero-order valence-corrected chi connectivity index (χ0v) is 11.8. The van der Waals surface area contributed by atoms with Crippen molar-refractivity contribution in [1.29, 1.82) is 0 Å². The summed E-state index contributed by atoms with van der Waals surface area (Å²) >= 11 is 3.47. The molecule has 0 amide bonds. The molecule has 0 bridgehead atoms. The second kappa shape index (κ2) is 5.54. The van der Waals surface area contributed by atoms with Crippen LogP contribution in [0.2, 0.25) is 0 Å². The Morgan fingerprint density at radius 3 is 2.72 bits per heavy atom. The lowest BCUT2D eigenvalue weighted by atomic mass is 10.2. The Balaban J connectivity index is 1.76. The maximum atomic E-state index is 5.73. The summed E-state index contributed by atoms with van der Waals surface area (Å²) in [5, 5.41) is 4.56. The van der Waals surface area contributed by atoms with Crippen LogP contribution in [0.1, 0.15) is 25.5 Å². The van der Waals surface area contributed by atoms with E-state index in [9.17, 15) is 0 Å². The van der Waals surface area contributed by atoms with E-state index >= 15 is 0 Å². The molecule has 1 unspecified atom stereocenters. The van der Waals surface area contributed by atoms with Gasteiger partial charge in [0.15, 0.2) is 11.0 Å². The van der Waals surface area contributed by atoms with E-state index in [0.29, 0.717) is 0 Å². The van der Waals surface area contributed by atoms with Crippen LogP contribution in [-0.2, 0) is 9.47 Å². The molecule has 0 spiro atoms. The predicted molar refractivity (Wildman–Crippen MR) is 69.6 cm³/mol. The summed E-state index contributed by atoms with van der Waals surface area (Å²) in [4.78, 5) is 6.61. The van der Waals surface area contributed by atoms with E-state index in [4.69, 9.17) is 9.47 Å². The maximum absolute atomic E-state index is 5.73. The fourth-order valence-electron chi connectivity index (χ4n) is 2.29. The van der Waals surface area contributed by atoms with Gasteiger partial charge in [-0.2, -0.15) is 4.98 Å². The van der Waals surface area contributed by atoms with Gasteiger partial charge in [0.1, 0.15) is 0 Å². The number of anilines is 1. The van der Waals surface area contributed by atoms with E-state index in [2.05, 4.69) is 30.9 Å². The quantitative estimate of drug-likeness (QED) is 0.829. The summed E-state index contributed by atoms with van der Waals surface area (Å²) < 4.78 is 13.7. The standard InChI is InChI=1S/C11H17BrN4O2/c12-10-13-11(15-4-7-17-8-5-15)14-16(10)9-3-1-2-6-18-9/h9H,1-8H2. The number of rotatable bonds is 2. The van der Waals surface area contributed by atoms with Crippen molar-refractivity contribution in [2.75, 3.05) is 37.8 Å². The third kappa shape index (κ3) is 2.53. The van der Waals surface area contributed by atoms with Gasteiger partial charge >= 0.3 is 0 Å². The molecule has 0 saturated carbocycles. The van der Waals surface area contributed by atoms with Crippen LogP contribution in [-0.4, -0.2) is 47.7 Å². The Labute approximate surface area is 114 Å². The second-order valence-corrected chi connectivity index (χ2v) is 5.26. The summed E-state index contributed by atoms with van der Waals surface area (Å²) in [5.74, 6) is 0.763. The number of hydrogen-bond acceptors (Lipinski definition) is 5. The summed E-state index contributed by atoms with van der Waals surface area (Å²) in [6.45, 7) is 3.99. The van der Waals surface area contributed by atoms with E-state index in [1.165, 1.54) is 6.42 Å². The lowest BCUT2D eigenvalue weighted by Gasteiger charge is -2.25. The van der Waals surface area contributed by atoms with Gasteiger partial charge in [-0.15, -0.1) is 5.10 Å². The molecule has 2 fully saturated rings. The van der Waals surface area contributed by atoms with Crippen molar-refractivity contribution in [1.82, 2.24) is 14.8 Å². The van der Waals surface area contributed by atoms with Crippen molar-refractivity contribution in [2.24, 2.45) is 0 Å². The number of hydrogen-bond donors (Lipinski definition) is 0. The zero-order chi connectivity index (χ0) is 12.4. The molecule has 0 N–H and O–H groups in total. The molecule has 1 atom stereocenters. The van der Waals surface area contributed by atoms with Gasteiger partial charge in [0, 0.05) is 19.7 Å². The molecule has 6 nitrogen and oxygen atoms in total. The molecule has 100 valence electrons. The molecule has 0 radical (unpaired) electrons. The van der Waals surface area contributed by atoms with E-state index in [-0.39, 0.29) is 6.23 Å². The summed E-state index contributed by atoms with van der Waals surface area (Å²) in [6.07, 6.45) is 3.35. The van der Waals surface area contributed by atoms with Crippen molar-refractivity contribution in [2.45, 2.75) is 25.5 Å². The van der Waals surface area contributed by atoms with Gasteiger partial charge in [0.25, 0.3) is 0 Å². The number of ether oxygens (including phenoxy) is 2. The van der Waals surface area contributed by atoms with Gasteiger partial charge < -0.3 is 14.4 Å². The van der Waals surface area contributed by atoms with E-state index in [1.54, 1.807) is 0 Å². The third-order valence-corrected chi connectivity index (χ3v) is 3.84. The summed E-state index contributed by atoms with van der Waals surface area (Å²) in [5.41, 5.74) is 0. The van der Waals surface area contributed by atoms with Gasteiger partial charge in [0.05, 0.1) is 13.2 Å². The first-order valence-electron chi connectivity index (χ1n) is 6.41. The van der Waals surface area contributed by atoms with Gasteiger partial charge in [-0.1, -0.05) is 0 Å². The molecule has 3 rings (SSSR count). The number of halogens is 1.